The van der Waals surface area contributed by atoms with Crippen LogP contribution in [0.1, 0.15) is 33.6 Å². The first kappa shape index (κ1) is 13.5. The Morgan fingerprint density at radius 3 is 2.53 bits per heavy atom. The number of aromatic carboxylic acids is 1. The minimum atomic E-state index is -1.02. The Bertz CT molecular complexity index is 479. The second kappa shape index (κ2) is 5.84. The molecule has 1 heterocycles. The van der Waals surface area contributed by atoms with Gasteiger partial charge in [0.25, 0.3) is 5.91 Å². The van der Waals surface area contributed by atoms with Crippen LogP contribution in [-0.4, -0.2) is 48.1 Å². The van der Waals surface area contributed by atoms with Crippen molar-refractivity contribution in [1.82, 2.24) is 10.2 Å². The largest absolute Gasteiger partial charge is 0.478 e. The van der Waals surface area contributed by atoms with Crippen LogP contribution < -0.4 is 5.32 Å². The highest BCUT2D eigenvalue weighted by molar-refractivity contribution is 5.97. The molecule has 5 nitrogen and oxygen atoms in total. The molecule has 0 spiro atoms. The van der Waals surface area contributed by atoms with Crippen LogP contribution in [0.4, 0.5) is 0 Å². The lowest BCUT2D eigenvalue weighted by Crippen LogP contribution is -2.43. The molecule has 1 aromatic rings. The number of carboxylic acid groups (broad SMARTS) is 1. The number of hydrogen-bond acceptors (Lipinski definition) is 3. The average molecular weight is 262 g/mol. The molecule has 0 saturated carbocycles. The molecular formula is C14H18N2O3. The standard InChI is InChI=1S/C14H18N2O3/c1-16-7-5-12(6-8-16)15-13(17)10-3-2-4-11(9-10)14(18)19/h2-4,9,12H,5-8H2,1H3,(H,15,17)(H,18,19). The molecule has 2 N–H and O–H groups in total. The fraction of sp³-hybridized carbons (Fsp3) is 0.429. The topological polar surface area (TPSA) is 69.6 Å². The molecule has 0 radical (unpaired) electrons. The first-order valence-electron chi connectivity index (χ1n) is 6.39. The number of nitrogens with zero attached hydrogens (tertiary/aromatic N) is 1. The Balaban J connectivity index is 2.00. The van der Waals surface area contributed by atoms with E-state index in [9.17, 15) is 9.59 Å². The summed E-state index contributed by atoms with van der Waals surface area (Å²) in [5, 5.41) is 11.9. The van der Waals surface area contributed by atoms with E-state index in [1.807, 2.05) is 0 Å². The molecule has 0 atom stereocenters. The molecule has 0 aromatic heterocycles. The number of carbonyl (C=O) groups excluding carboxylic acids is 1. The highest BCUT2D eigenvalue weighted by Gasteiger charge is 2.19. The van der Waals surface area contributed by atoms with Crippen LogP contribution >= 0.6 is 0 Å². The van der Waals surface area contributed by atoms with Gasteiger partial charge in [-0.2, -0.15) is 0 Å². The summed E-state index contributed by atoms with van der Waals surface area (Å²) in [5.41, 5.74) is 0.537. The van der Waals surface area contributed by atoms with Crippen LogP contribution in [0.15, 0.2) is 24.3 Å². The van der Waals surface area contributed by atoms with Crippen molar-refractivity contribution in [2.75, 3.05) is 20.1 Å². The predicted molar refractivity (Wildman–Crippen MR) is 71.4 cm³/mol. The van der Waals surface area contributed by atoms with Gasteiger partial charge in [0.1, 0.15) is 0 Å². The molecule has 1 aliphatic heterocycles. The van der Waals surface area contributed by atoms with E-state index in [2.05, 4.69) is 17.3 Å². The lowest BCUT2D eigenvalue weighted by Gasteiger charge is -2.29. The number of nitrogens with one attached hydrogen (secondary N) is 1. The normalized spacial score (nSPS) is 17.1. The minimum absolute atomic E-state index is 0.135. The van der Waals surface area contributed by atoms with Crippen molar-refractivity contribution in [2.24, 2.45) is 0 Å². The lowest BCUT2D eigenvalue weighted by atomic mass is 10.0. The van der Waals surface area contributed by atoms with Gasteiger partial charge in [0.2, 0.25) is 0 Å². The maximum absolute atomic E-state index is 12.1. The molecule has 1 amide bonds. The third-order valence-electron chi connectivity index (χ3n) is 3.43. The van der Waals surface area contributed by atoms with Crippen molar-refractivity contribution >= 4 is 11.9 Å². The van der Waals surface area contributed by atoms with Gasteiger partial charge in [0.15, 0.2) is 0 Å². The molecule has 5 heteroatoms. The van der Waals surface area contributed by atoms with Crippen LogP contribution in [-0.2, 0) is 0 Å². The molecule has 0 unspecified atom stereocenters. The van der Waals surface area contributed by atoms with Crippen molar-refractivity contribution in [1.29, 1.82) is 0 Å². The van der Waals surface area contributed by atoms with Crippen LogP contribution in [0.5, 0.6) is 0 Å². The van der Waals surface area contributed by atoms with Crippen molar-refractivity contribution < 1.29 is 14.7 Å². The highest BCUT2D eigenvalue weighted by Crippen LogP contribution is 2.10. The quantitative estimate of drug-likeness (QED) is 0.859. The SMILES string of the molecule is CN1CCC(NC(=O)c2cccc(C(=O)O)c2)CC1. The average Bonchev–Trinajstić information content (AvgIpc) is 2.41. The van der Waals surface area contributed by atoms with Crippen LogP contribution in [0.3, 0.4) is 0 Å². The van der Waals surface area contributed by atoms with Gasteiger partial charge >= 0.3 is 5.97 Å². The summed E-state index contributed by atoms with van der Waals surface area (Å²) in [6, 6.07) is 6.29. The van der Waals surface area contributed by atoms with Crippen molar-refractivity contribution in [3.8, 4) is 0 Å². The molecule has 1 fully saturated rings. The van der Waals surface area contributed by atoms with Crippen LogP contribution in [0.2, 0.25) is 0 Å². The van der Waals surface area contributed by atoms with Gasteiger partial charge < -0.3 is 15.3 Å². The Kier molecular flexibility index (Phi) is 4.16. The number of amides is 1. The van der Waals surface area contributed by atoms with Crippen LogP contribution in [0, 0.1) is 0 Å². The number of piperidine rings is 1. The molecule has 0 aliphatic carbocycles. The second-order valence-electron chi connectivity index (χ2n) is 4.94. The first-order chi connectivity index (χ1) is 9.06. The number of rotatable bonds is 3. The molecule has 102 valence electrons. The Morgan fingerprint density at radius 2 is 1.89 bits per heavy atom. The van der Waals surface area contributed by atoms with E-state index in [1.54, 1.807) is 12.1 Å². The van der Waals surface area contributed by atoms with E-state index >= 15 is 0 Å². The van der Waals surface area contributed by atoms with E-state index in [-0.39, 0.29) is 17.5 Å². The van der Waals surface area contributed by atoms with Gasteiger partial charge in [-0.3, -0.25) is 4.79 Å². The maximum atomic E-state index is 12.1. The number of carboxylic acids is 1. The molecule has 19 heavy (non-hydrogen) atoms. The number of hydrogen-bond donors (Lipinski definition) is 2. The monoisotopic (exact) mass is 262 g/mol. The van der Waals surface area contributed by atoms with E-state index < -0.39 is 5.97 Å². The fourth-order valence-electron chi connectivity index (χ4n) is 2.22. The Labute approximate surface area is 112 Å². The summed E-state index contributed by atoms with van der Waals surface area (Å²) in [5.74, 6) is -1.22. The van der Waals surface area contributed by atoms with Crippen molar-refractivity contribution in [3.63, 3.8) is 0 Å². The number of carbonyl (C=O) groups is 2. The van der Waals surface area contributed by atoms with E-state index in [1.165, 1.54) is 12.1 Å². The summed E-state index contributed by atoms with van der Waals surface area (Å²) in [4.78, 5) is 25.1. The first-order valence-corrected chi connectivity index (χ1v) is 6.39. The van der Waals surface area contributed by atoms with Gasteiger partial charge in [-0.15, -0.1) is 0 Å². The summed E-state index contributed by atoms with van der Waals surface area (Å²) < 4.78 is 0. The van der Waals surface area contributed by atoms with Crippen LogP contribution in [0.25, 0.3) is 0 Å². The van der Waals surface area contributed by atoms with E-state index in [4.69, 9.17) is 5.11 Å². The minimum Gasteiger partial charge on any atom is -0.478 e. The molecule has 1 saturated heterocycles. The van der Waals surface area contributed by atoms with E-state index in [0.717, 1.165) is 25.9 Å². The number of benzene rings is 1. The zero-order valence-electron chi connectivity index (χ0n) is 10.9. The third-order valence-corrected chi connectivity index (χ3v) is 3.43. The second-order valence-corrected chi connectivity index (χ2v) is 4.94. The molecule has 2 rings (SSSR count). The van der Waals surface area contributed by atoms with Crippen molar-refractivity contribution in [3.05, 3.63) is 35.4 Å². The summed E-state index contributed by atoms with van der Waals surface area (Å²) in [6.45, 7) is 1.94. The fourth-order valence-corrected chi connectivity index (χ4v) is 2.22. The Hall–Kier alpha value is -1.88. The molecule has 1 aliphatic rings. The summed E-state index contributed by atoms with van der Waals surface area (Å²) in [6.07, 6.45) is 1.86. The zero-order chi connectivity index (χ0) is 13.8. The number of likely N-dealkylation sites (tertiary alicyclic amines) is 1. The summed E-state index contributed by atoms with van der Waals surface area (Å²) in [7, 11) is 2.06. The lowest BCUT2D eigenvalue weighted by molar-refractivity contribution is 0.0697. The van der Waals surface area contributed by atoms with E-state index in [0.29, 0.717) is 5.56 Å². The highest BCUT2D eigenvalue weighted by atomic mass is 16.4. The third kappa shape index (κ3) is 3.54. The van der Waals surface area contributed by atoms with Gasteiger partial charge in [-0.25, -0.2) is 4.79 Å². The molecule has 1 aromatic carbocycles. The zero-order valence-corrected chi connectivity index (χ0v) is 10.9. The Morgan fingerprint density at radius 1 is 1.26 bits per heavy atom. The summed E-state index contributed by atoms with van der Waals surface area (Å²) >= 11 is 0. The predicted octanol–water partition coefficient (Wildman–Crippen LogP) is 1.21. The maximum Gasteiger partial charge on any atom is 0.335 e. The molecular weight excluding hydrogens is 244 g/mol. The van der Waals surface area contributed by atoms with Gasteiger partial charge in [0.05, 0.1) is 5.56 Å². The van der Waals surface area contributed by atoms with Crippen molar-refractivity contribution in [2.45, 2.75) is 18.9 Å². The van der Waals surface area contributed by atoms with Gasteiger partial charge in [-0.05, 0) is 51.2 Å². The van der Waals surface area contributed by atoms with Gasteiger partial charge in [-0.1, -0.05) is 6.07 Å². The smallest absolute Gasteiger partial charge is 0.335 e. The molecule has 0 bridgehead atoms. The van der Waals surface area contributed by atoms with Gasteiger partial charge in [0, 0.05) is 11.6 Å².